The zero-order valence-corrected chi connectivity index (χ0v) is 10.4. The summed E-state index contributed by atoms with van der Waals surface area (Å²) in [4.78, 5) is 11.7. The van der Waals surface area contributed by atoms with Crippen molar-refractivity contribution in [2.45, 2.75) is 13.8 Å². The fraction of sp³-hybridized carbons (Fsp3) is 0.417. The normalized spacial score (nSPS) is 9.82. The third kappa shape index (κ3) is 3.03. The molecule has 5 nitrogen and oxygen atoms in total. The average Bonchev–Trinajstić information content (AvgIpc) is 2.31. The summed E-state index contributed by atoms with van der Waals surface area (Å²) in [5, 5.41) is 2.94. The number of nitrogens with one attached hydrogen (secondary N) is 1. The molecule has 17 heavy (non-hydrogen) atoms. The maximum Gasteiger partial charge on any atom is 0.341 e. The number of rotatable bonds is 5. The predicted molar refractivity (Wildman–Crippen MR) is 67.5 cm³/mol. The van der Waals surface area contributed by atoms with Gasteiger partial charge in [0.15, 0.2) is 0 Å². The van der Waals surface area contributed by atoms with Gasteiger partial charge in [0.1, 0.15) is 11.3 Å². The Morgan fingerprint density at radius 3 is 2.59 bits per heavy atom. The molecule has 0 fully saturated rings. The number of benzene rings is 1. The number of anilines is 2. The lowest BCUT2D eigenvalue weighted by molar-refractivity contribution is 0.0522. The smallest absolute Gasteiger partial charge is 0.341 e. The lowest BCUT2D eigenvalue weighted by atomic mass is 10.1. The van der Waals surface area contributed by atoms with E-state index in [4.69, 9.17) is 15.2 Å². The zero-order chi connectivity index (χ0) is 12.8. The largest absolute Gasteiger partial charge is 0.493 e. The number of hydrogen-bond donors (Lipinski definition) is 2. The first kappa shape index (κ1) is 13.2. The van der Waals surface area contributed by atoms with E-state index in [1.807, 2.05) is 6.92 Å². The molecule has 0 atom stereocenters. The Morgan fingerprint density at radius 2 is 2.06 bits per heavy atom. The first-order valence-corrected chi connectivity index (χ1v) is 5.55. The van der Waals surface area contributed by atoms with Crippen LogP contribution in [0.2, 0.25) is 0 Å². The molecule has 0 saturated carbocycles. The van der Waals surface area contributed by atoms with Crippen LogP contribution in [0.5, 0.6) is 5.75 Å². The van der Waals surface area contributed by atoms with Crippen molar-refractivity contribution in [2.24, 2.45) is 0 Å². The van der Waals surface area contributed by atoms with Crippen LogP contribution < -0.4 is 15.8 Å². The maximum atomic E-state index is 11.7. The van der Waals surface area contributed by atoms with Crippen LogP contribution in [-0.2, 0) is 4.74 Å². The van der Waals surface area contributed by atoms with Crippen LogP contribution in [0.15, 0.2) is 12.1 Å². The first-order valence-electron chi connectivity index (χ1n) is 5.55. The fourth-order valence-corrected chi connectivity index (χ4v) is 1.46. The molecule has 1 aromatic carbocycles. The highest BCUT2D eigenvalue weighted by Crippen LogP contribution is 2.29. The van der Waals surface area contributed by atoms with E-state index in [9.17, 15) is 4.79 Å². The summed E-state index contributed by atoms with van der Waals surface area (Å²) < 4.78 is 10.4. The topological polar surface area (TPSA) is 73.6 Å². The third-order valence-corrected chi connectivity index (χ3v) is 2.22. The van der Waals surface area contributed by atoms with Gasteiger partial charge in [-0.05, 0) is 19.9 Å². The lowest BCUT2D eigenvalue weighted by Gasteiger charge is -2.13. The van der Waals surface area contributed by atoms with E-state index in [2.05, 4.69) is 5.32 Å². The number of carbonyl (C=O) groups excluding carboxylic acids is 1. The minimum absolute atomic E-state index is 0.318. The molecular weight excluding hydrogens is 220 g/mol. The Kier molecular flexibility index (Phi) is 4.63. The van der Waals surface area contributed by atoms with Gasteiger partial charge in [-0.1, -0.05) is 0 Å². The molecule has 0 saturated heterocycles. The Hall–Kier alpha value is -1.91. The molecule has 1 aromatic rings. The standard InChI is InChI=1S/C12H18N2O3/c1-4-16-11-7-10(14-3)9(13)6-8(11)12(15)17-5-2/h6-7,14H,4-5,13H2,1-3H3. The van der Waals surface area contributed by atoms with Crippen molar-refractivity contribution in [3.8, 4) is 5.75 Å². The van der Waals surface area contributed by atoms with Crippen molar-refractivity contribution >= 4 is 17.3 Å². The summed E-state index contributed by atoms with van der Waals surface area (Å²) >= 11 is 0. The Morgan fingerprint density at radius 1 is 1.35 bits per heavy atom. The van der Waals surface area contributed by atoms with Gasteiger partial charge in [-0.25, -0.2) is 4.79 Å². The number of nitrogen functional groups attached to an aromatic ring is 1. The Balaban J connectivity index is 3.17. The van der Waals surface area contributed by atoms with Gasteiger partial charge in [0.2, 0.25) is 0 Å². The van der Waals surface area contributed by atoms with Crippen LogP contribution in [0.4, 0.5) is 11.4 Å². The molecule has 0 spiro atoms. The van der Waals surface area contributed by atoms with E-state index in [1.54, 1.807) is 26.1 Å². The summed E-state index contributed by atoms with van der Waals surface area (Å²) in [6.07, 6.45) is 0. The van der Waals surface area contributed by atoms with Crippen molar-refractivity contribution in [1.29, 1.82) is 0 Å². The van der Waals surface area contributed by atoms with Crippen LogP contribution in [0, 0.1) is 0 Å². The number of esters is 1. The molecule has 5 heteroatoms. The van der Waals surface area contributed by atoms with Crippen molar-refractivity contribution in [1.82, 2.24) is 0 Å². The van der Waals surface area contributed by atoms with Crippen molar-refractivity contribution in [3.63, 3.8) is 0 Å². The molecule has 0 aromatic heterocycles. The number of ether oxygens (including phenoxy) is 2. The van der Waals surface area contributed by atoms with Gasteiger partial charge in [0.25, 0.3) is 0 Å². The van der Waals surface area contributed by atoms with Crippen molar-refractivity contribution < 1.29 is 14.3 Å². The second-order valence-corrected chi connectivity index (χ2v) is 3.34. The molecule has 0 heterocycles. The van der Waals surface area contributed by atoms with Crippen LogP contribution in [0.3, 0.4) is 0 Å². The minimum Gasteiger partial charge on any atom is -0.493 e. The van der Waals surface area contributed by atoms with Crippen molar-refractivity contribution in [3.05, 3.63) is 17.7 Å². The Bertz CT molecular complexity index is 405. The minimum atomic E-state index is -0.426. The summed E-state index contributed by atoms with van der Waals surface area (Å²) in [6.45, 7) is 4.39. The molecular formula is C12H18N2O3. The van der Waals surface area contributed by atoms with E-state index in [0.717, 1.165) is 5.69 Å². The molecule has 0 unspecified atom stereocenters. The van der Waals surface area contributed by atoms with Crippen LogP contribution in [0.1, 0.15) is 24.2 Å². The van der Waals surface area contributed by atoms with Gasteiger partial charge in [-0.3, -0.25) is 0 Å². The number of carbonyl (C=O) groups is 1. The molecule has 3 N–H and O–H groups in total. The molecule has 1 rings (SSSR count). The van der Waals surface area contributed by atoms with E-state index in [-0.39, 0.29) is 0 Å². The predicted octanol–water partition coefficient (Wildman–Crippen LogP) is 1.89. The number of nitrogens with two attached hydrogens (primary N) is 1. The number of hydrogen-bond acceptors (Lipinski definition) is 5. The zero-order valence-electron chi connectivity index (χ0n) is 10.4. The van der Waals surface area contributed by atoms with E-state index in [0.29, 0.717) is 30.2 Å². The third-order valence-electron chi connectivity index (χ3n) is 2.22. The van der Waals surface area contributed by atoms with Crippen molar-refractivity contribution in [2.75, 3.05) is 31.3 Å². The fourth-order valence-electron chi connectivity index (χ4n) is 1.46. The molecule has 0 amide bonds. The molecule has 0 radical (unpaired) electrons. The monoisotopic (exact) mass is 238 g/mol. The molecule has 94 valence electrons. The summed E-state index contributed by atoms with van der Waals surface area (Å²) in [5.74, 6) is 0.0507. The summed E-state index contributed by atoms with van der Waals surface area (Å²) in [5.41, 5.74) is 7.37. The van der Waals surface area contributed by atoms with Gasteiger partial charge in [-0.15, -0.1) is 0 Å². The van der Waals surface area contributed by atoms with Crippen LogP contribution >= 0.6 is 0 Å². The van der Waals surface area contributed by atoms with Gasteiger partial charge in [0.05, 0.1) is 24.6 Å². The van der Waals surface area contributed by atoms with Gasteiger partial charge < -0.3 is 20.5 Å². The second kappa shape index (κ2) is 5.98. The average molecular weight is 238 g/mol. The van der Waals surface area contributed by atoms with Gasteiger partial charge >= 0.3 is 5.97 Å². The quantitative estimate of drug-likeness (QED) is 0.605. The molecule has 0 aliphatic carbocycles. The molecule has 0 aliphatic heterocycles. The van der Waals surface area contributed by atoms with Gasteiger partial charge in [0, 0.05) is 13.1 Å². The van der Waals surface area contributed by atoms with E-state index < -0.39 is 5.97 Å². The highest BCUT2D eigenvalue weighted by atomic mass is 16.5. The maximum absolute atomic E-state index is 11.7. The van der Waals surface area contributed by atoms with E-state index in [1.165, 1.54) is 0 Å². The molecule has 0 bridgehead atoms. The first-order chi connectivity index (χ1) is 8.13. The lowest BCUT2D eigenvalue weighted by Crippen LogP contribution is -2.09. The Labute approximate surface area is 101 Å². The van der Waals surface area contributed by atoms with E-state index >= 15 is 0 Å². The summed E-state index contributed by atoms with van der Waals surface area (Å²) in [7, 11) is 1.76. The second-order valence-electron chi connectivity index (χ2n) is 3.34. The molecule has 0 aliphatic rings. The highest BCUT2D eigenvalue weighted by Gasteiger charge is 2.16. The van der Waals surface area contributed by atoms with Crippen LogP contribution in [0.25, 0.3) is 0 Å². The SMILES string of the molecule is CCOC(=O)c1cc(N)c(NC)cc1OCC. The highest BCUT2D eigenvalue weighted by molar-refractivity contribution is 5.95. The van der Waals surface area contributed by atoms with Gasteiger partial charge in [-0.2, -0.15) is 0 Å². The van der Waals surface area contributed by atoms with Crippen LogP contribution in [-0.4, -0.2) is 26.2 Å². The summed E-state index contributed by atoms with van der Waals surface area (Å²) in [6, 6.07) is 3.26.